The largest absolute Gasteiger partial charge is 0.481 e. The Balaban J connectivity index is 3.29. The number of hydrogen-bond donors (Lipinski definition) is 0. The second-order valence-electron chi connectivity index (χ2n) is 4.06. The van der Waals surface area contributed by atoms with Crippen molar-refractivity contribution in [1.82, 2.24) is 0 Å². The Morgan fingerprint density at radius 1 is 1.10 bits per heavy atom. The Labute approximate surface area is 120 Å². The van der Waals surface area contributed by atoms with Crippen molar-refractivity contribution >= 4 is 16.8 Å². The van der Waals surface area contributed by atoms with Crippen molar-refractivity contribution in [1.29, 1.82) is 0 Å². The molecule has 0 spiro atoms. The second-order valence-corrected chi connectivity index (χ2v) is 4.43. The fraction of sp³-hybridized carbons (Fsp3) is 0.417. The zero-order valence-corrected chi connectivity index (χ0v) is 11.2. The van der Waals surface area contributed by atoms with E-state index < -0.39 is 40.6 Å². The topological polar surface area (TPSA) is 26.3 Å². The molecule has 9 heteroatoms. The van der Waals surface area contributed by atoms with Crippen molar-refractivity contribution in [2.75, 3.05) is 0 Å². The molecule has 0 N–H and O–H groups in total. The van der Waals surface area contributed by atoms with Gasteiger partial charge in [0.1, 0.15) is 5.75 Å². The van der Waals surface area contributed by atoms with Crippen LogP contribution in [0.1, 0.15) is 24.5 Å². The van der Waals surface area contributed by atoms with E-state index in [1.165, 1.54) is 6.92 Å². The van der Waals surface area contributed by atoms with Crippen LogP contribution in [0.2, 0.25) is 0 Å². The van der Waals surface area contributed by atoms with Gasteiger partial charge in [-0.15, -0.1) is 0 Å². The smallest absolute Gasteiger partial charge is 0.416 e. The molecule has 0 radical (unpaired) electrons. The Morgan fingerprint density at radius 2 is 1.52 bits per heavy atom. The summed E-state index contributed by atoms with van der Waals surface area (Å²) in [5.41, 5.74) is -3.05. The van der Waals surface area contributed by atoms with Gasteiger partial charge in [-0.25, -0.2) is 0 Å². The van der Waals surface area contributed by atoms with Gasteiger partial charge in [-0.2, -0.15) is 26.3 Å². The lowest BCUT2D eigenvalue weighted by molar-refractivity contribution is -0.143. The van der Waals surface area contributed by atoms with E-state index >= 15 is 0 Å². The summed E-state index contributed by atoms with van der Waals surface area (Å²) in [6.07, 6.45) is -11.3. The molecule has 1 aromatic rings. The van der Waals surface area contributed by atoms with Crippen LogP contribution in [-0.4, -0.2) is 11.3 Å². The van der Waals surface area contributed by atoms with Crippen molar-refractivity contribution < 1.29 is 35.9 Å². The summed E-state index contributed by atoms with van der Waals surface area (Å²) in [6, 6.07) is 0.742. The van der Waals surface area contributed by atoms with Crippen LogP contribution in [0.15, 0.2) is 18.2 Å². The van der Waals surface area contributed by atoms with Crippen molar-refractivity contribution in [2.24, 2.45) is 0 Å². The van der Waals surface area contributed by atoms with E-state index in [2.05, 4.69) is 0 Å². The summed E-state index contributed by atoms with van der Waals surface area (Å²) in [5.74, 6) is -0.724. The maximum absolute atomic E-state index is 12.6. The maximum Gasteiger partial charge on any atom is 0.416 e. The van der Waals surface area contributed by atoms with Crippen LogP contribution in [-0.2, 0) is 17.1 Å². The first-order valence-electron chi connectivity index (χ1n) is 5.60. The molecule has 0 saturated carbocycles. The van der Waals surface area contributed by atoms with Crippen LogP contribution < -0.4 is 4.74 Å². The minimum absolute atomic E-state index is 0.0000694. The number of alkyl halides is 6. The van der Waals surface area contributed by atoms with E-state index in [1.807, 2.05) is 0 Å². The van der Waals surface area contributed by atoms with Crippen LogP contribution in [0.25, 0.3) is 0 Å². The summed E-state index contributed by atoms with van der Waals surface area (Å²) in [5, 5.41) is -1.01. The molecular formula is C12H9ClF6O2. The van der Waals surface area contributed by atoms with E-state index in [1.54, 1.807) is 0 Å². The molecule has 2 nitrogen and oxygen atoms in total. The molecule has 21 heavy (non-hydrogen) atoms. The van der Waals surface area contributed by atoms with E-state index in [-0.39, 0.29) is 12.5 Å². The lowest BCUT2D eigenvalue weighted by Gasteiger charge is -2.17. The number of ether oxygens (including phenoxy) is 1. The first kappa shape index (κ1) is 17.6. The number of benzene rings is 1. The van der Waals surface area contributed by atoms with Crippen molar-refractivity contribution in [3.63, 3.8) is 0 Å². The molecule has 1 unspecified atom stereocenters. The van der Waals surface area contributed by atoms with Gasteiger partial charge in [0, 0.05) is 0 Å². The zero-order valence-electron chi connectivity index (χ0n) is 10.5. The monoisotopic (exact) mass is 334 g/mol. The Hall–Kier alpha value is -1.44. The van der Waals surface area contributed by atoms with Gasteiger partial charge in [-0.1, -0.05) is 6.92 Å². The third-order valence-electron chi connectivity index (χ3n) is 2.46. The SMILES string of the molecule is CCC(Oc1cc(C(F)(F)F)cc(C(F)(F)F)c1)C(=O)Cl. The molecule has 0 saturated heterocycles. The molecule has 0 fully saturated rings. The maximum atomic E-state index is 12.6. The van der Waals surface area contributed by atoms with Crippen LogP contribution in [0.4, 0.5) is 26.3 Å². The highest BCUT2D eigenvalue weighted by Crippen LogP contribution is 2.38. The summed E-state index contributed by atoms with van der Waals surface area (Å²) >= 11 is 5.14. The van der Waals surface area contributed by atoms with Gasteiger partial charge in [-0.3, -0.25) is 4.79 Å². The summed E-state index contributed by atoms with van der Waals surface area (Å²) in [6.45, 7) is 1.45. The van der Waals surface area contributed by atoms with Gasteiger partial charge in [0.2, 0.25) is 0 Å². The molecule has 1 aromatic carbocycles. The van der Waals surface area contributed by atoms with Crippen molar-refractivity contribution in [3.8, 4) is 5.75 Å². The minimum atomic E-state index is -4.98. The molecule has 0 bridgehead atoms. The molecule has 0 aliphatic heterocycles. The summed E-state index contributed by atoms with van der Waals surface area (Å²) in [4.78, 5) is 10.9. The molecule has 1 rings (SSSR count). The average molecular weight is 335 g/mol. The van der Waals surface area contributed by atoms with Gasteiger partial charge in [0.25, 0.3) is 5.24 Å². The first-order chi connectivity index (χ1) is 9.45. The van der Waals surface area contributed by atoms with E-state index in [4.69, 9.17) is 16.3 Å². The number of carbonyl (C=O) groups is 1. The highest BCUT2D eigenvalue weighted by Gasteiger charge is 2.37. The fourth-order valence-corrected chi connectivity index (χ4v) is 1.65. The lowest BCUT2D eigenvalue weighted by Crippen LogP contribution is -2.23. The van der Waals surface area contributed by atoms with E-state index in [0.717, 1.165) is 0 Å². The third-order valence-corrected chi connectivity index (χ3v) is 2.71. The number of halogens is 7. The number of hydrogen-bond acceptors (Lipinski definition) is 2. The first-order valence-corrected chi connectivity index (χ1v) is 5.98. The van der Waals surface area contributed by atoms with Gasteiger partial charge in [-0.05, 0) is 36.2 Å². The quantitative estimate of drug-likeness (QED) is 0.592. The van der Waals surface area contributed by atoms with Crippen LogP contribution in [0.3, 0.4) is 0 Å². The highest BCUT2D eigenvalue weighted by molar-refractivity contribution is 6.64. The average Bonchev–Trinajstić information content (AvgIpc) is 2.33. The molecule has 0 aromatic heterocycles. The second kappa shape index (κ2) is 6.13. The van der Waals surface area contributed by atoms with Gasteiger partial charge in [0.05, 0.1) is 11.1 Å². The molecule has 0 aliphatic rings. The fourth-order valence-electron chi connectivity index (χ4n) is 1.45. The molecule has 0 heterocycles. The van der Waals surface area contributed by atoms with Crippen LogP contribution >= 0.6 is 11.6 Å². The molecule has 1 atom stereocenters. The van der Waals surface area contributed by atoms with Gasteiger partial charge >= 0.3 is 12.4 Å². The number of carbonyl (C=O) groups excluding carboxylic acids is 1. The molecular weight excluding hydrogens is 326 g/mol. The lowest BCUT2D eigenvalue weighted by atomic mass is 10.1. The molecule has 118 valence electrons. The van der Waals surface area contributed by atoms with Crippen LogP contribution in [0.5, 0.6) is 5.75 Å². The number of rotatable bonds is 4. The van der Waals surface area contributed by atoms with Crippen molar-refractivity contribution in [3.05, 3.63) is 29.3 Å². The summed E-state index contributed by atoms with van der Waals surface area (Å²) in [7, 11) is 0. The molecule has 0 aliphatic carbocycles. The van der Waals surface area contributed by atoms with Gasteiger partial charge < -0.3 is 4.74 Å². The van der Waals surface area contributed by atoms with Crippen LogP contribution in [0, 0.1) is 0 Å². The predicted molar refractivity (Wildman–Crippen MR) is 62.0 cm³/mol. The Kier molecular flexibility index (Phi) is 5.14. The Bertz CT molecular complexity index is 491. The standard InChI is InChI=1S/C12H9ClF6O2/c1-2-9(10(13)20)21-8-4-6(11(14,15)16)3-7(5-8)12(17,18)19/h3-5,9H,2H2,1H3. The highest BCUT2D eigenvalue weighted by atomic mass is 35.5. The predicted octanol–water partition coefficient (Wildman–Crippen LogP) is 4.65. The normalized spacial score (nSPS) is 13.9. The molecule has 0 amide bonds. The third kappa shape index (κ3) is 4.80. The van der Waals surface area contributed by atoms with Crippen molar-refractivity contribution in [2.45, 2.75) is 31.8 Å². The minimum Gasteiger partial charge on any atom is -0.481 e. The Morgan fingerprint density at radius 3 is 1.81 bits per heavy atom. The van der Waals surface area contributed by atoms with E-state index in [0.29, 0.717) is 12.1 Å². The van der Waals surface area contributed by atoms with E-state index in [9.17, 15) is 31.1 Å². The zero-order chi connectivity index (χ0) is 16.4. The summed E-state index contributed by atoms with van der Waals surface area (Å²) < 4.78 is 80.4. The van der Waals surface area contributed by atoms with Gasteiger partial charge in [0.15, 0.2) is 6.10 Å².